The molecular weight excluding hydrogens is 465 g/mol. The molecule has 5 nitrogen and oxygen atoms in total. The maximum atomic E-state index is 5.67. The summed E-state index contributed by atoms with van der Waals surface area (Å²) in [5.41, 5.74) is 2.55. The zero-order valence-electron chi connectivity index (χ0n) is 16.9. The van der Waals surface area contributed by atoms with Gasteiger partial charge in [-0.15, -0.1) is 24.0 Å². The van der Waals surface area contributed by atoms with Crippen molar-refractivity contribution < 1.29 is 9.47 Å². The second-order valence-corrected chi connectivity index (χ2v) is 6.66. The fourth-order valence-corrected chi connectivity index (χ4v) is 3.56. The molecule has 0 spiro atoms. The van der Waals surface area contributed by atoms with Crippen LogP contribution < -0.4 is 14.8 Å². The molecule has 2 aromatic rings. The predicted octanol–water partition coefficient (Wildman–Crippen LogP) is 4.28. The summed E-state index contributed by atoms with van der Waals surface area (Å²) < 4.78 is 11.0. The highest BCUT2D eigenvalue weighted by Gasteiger charge is 2.25. The van der Waals surface area contributed by atoms with Crippen LogP contribution in [0.1, 0.15) is 30.4 Å². The SMILES string of the molecule is CCOc1cc(CNC(=NC)N2CCC(c3ccccc3)C2)ccc1OC.I. The largest absolute Gasteiger partial charge is 0.493 e. The summed E-state index contributed by atoms with van der Waals surface area (Å²) in [5, 5.41) is 3.49. The molecule has 1 unspecified atom stereocenters. The van der Waals surface area contributed by atoms with Gasteiger partial charge in [-0.1, -0.05) is 36.4 Å². The number of benzene rings is 2. The Morgan fingerprint density at radius 1 is 1.18 bits per heavy atom. The van der Waals surface area contributed by atoms with Gasteiger partial charge in [0.1, 0.15) is 0 Å². The van der Waals surface area contributed by atoms with Gasteiger partial charge >= 0.3 is 0 Å². The number of aliphatic imine (C=N–C) groups is 1. The summed E-state index contributed by atoms with van der Waals surface area (Å²) in [6, 6.07) is 16.8. The van der Waals surface area contributed by atoms with Crippen LogP contribution in [0.3, 0.4) is 0 Å². The van der Waals surface area contributed by atoms with E-state index in [1.54, 1.807) is 7.11 Å². The lowest BCUT2D eigenvalue weighted by atomic mass is 9.99. The van der Waals surface area contributed by atoms with Crippen LogP contribution in [-0.2, 0) is 6.54 Å². The van der Waals surface area contributed by atoms with Gasteiger partial charge in [0.2, 0.25) is 0 Å². The molecular formula is C22H30IN3O2. The molecule has 152 valence electrons. The third kappa shape index (κ3) is 5.53. The molecule has 1 heterocycles. The highest BCUT2D eigenvalue weighted by molar-refractivity contribution is 14.0. The maximum Gasteiger partial charge on any atom is 0.193 e. The number of guanidine groups is 1. The van der Waals surface area contributed by atoms with Gasteiger partial charge in [0.15, 0.2) is 17.5 Å². The van der Waals surface area contributed by atoms with Crippen LogP contribution in [0.2, 0.25) is 0 Å². The number of hydrogen-bond donors (Lipinski definition) is 1. The zero-order valence-corrected chi connectivity index (χ0v) is 19.2. The molecule has 1 fully saturated rings. The van der Waals surface area contributed by atoms with Gasteiger partial charge in [0.25, 0.3) is 0 Å². The molecule has 0 aromatic heterocycles. The summed E-state index contributed by atoms with van der Waals surface area (Å²) in [5.74, 6) is 3.05. The summed E-state index contributed by atoms with van der Waals surface area (Å²) in [4.78, 5) is 6.82. The first kappa shape index (κ1) is 22.3. The quantitative estimate of drug-likeness (QED) is 0.370. The molecule has 2 aromatic carbocycles. The van der Waals surface area contributed by atoms with E-state index in [2.05, 4.69) is 51.6 Å². The first-order valence-corrected chi connectivity index (χ1v) is 9.55. The maximum absolute atomic E-state index is 5.67. The molecule has 1 N–H and O–H groups in total. The molecule has 0 saturated carbocycles. The van der Waals surface area contributed by atoms with Gasteiger partial charge in [-0.2, -0.15) is 0 Å². The van der Waals surface area contributed by atoms with E-state index in [9.17, 15) is 0 Å². The average molecular weight is 495 g/mol. The van der Waals surface area contributed by atoms with Crippen molar-refractivity contribution in [2.45, 2.75) is 25.8 Å². The second kappa shape index (κ2) is 11.1. The Balaban J connectivity index is 0.00000280. The van der Waals surface area contributed by atoms with E-state index >= 15 is 0 Å². The minimum absolute atomic E-state index is 0. The van der Waals surface area contributed by atoms with Crippen LogP contribution in [-0.4, -0.2) is 44.7 Å². The Labute approximate surface area is 185 Å². The van der Waals surface area contributed by atoms with Crippen molar-refractivity contribution >= 4 is 29.9 Å². The average Bonchev–Trinajstić information content (AvgIpc) is 3.20. The second-order valence-electron chi connectivity index (χ2n) is 6.66. The van der Waals surface area contributed by atoms with E-state index in [1.165, 1.54) is 5.56 Å². The van der Waals surface area contributed by atoms with Crippen LogP contribution >= 0.6 is 24.0 Å². The number of nitrogens with zero attached hydrogens (tertiary/aromatic N) is 2. The third-order valence-electron chi connectivity index (χ3n) is 4.95. The molecule has 1 aliphatic heterocycles. The number of likely N-dealkylation sites (tertiary alicyclic amines) is 1. The first-order valence-electron chi connectivity index (χ1n) is 9.55. The van der Waals surface area contributed by atoms with Gasteiger partial charge in [0, 0.05) is 32.6 Å². The Bertz CT molecular complexity index is 768. The van der Waals surface area contributed by atoms with E-state index in [1.807, 2.05) is 26.1 Å². The zero-order chi connectivity index (χ0) is 19.1. The fraction of sp³-hybridized carbons (Fsp3) is 0.409. The van der Waals surface area contributed by atoms with Crippen LogP contribution in [0.15, 0.2) is 53.5 Å². The molecule has 1 saturated heterocycles. The third-order valence-corrected chi connectivity index (χ3v) is 4.95. The van der Waals surface area contributed by atoms with Crippen molar-refractivity contribution in [3.8, 4) is 11.5 Å². The molecule has 3 rings (SSSR count). The number of methoxy groups -OCH3 is 1. The van der Waals surface area contributed by atoms with E-state index in [0.717, 1.165) is 42.5 Å². The van der Waals surface area contributed by atoms with Crippen molar-refractivity contribution in [2.75, 3.05) is 33.9 Å². The van der Waals surface area contributed by atoms with Gasteiger partial charge < -0.3 is 19.7 Å². The van der Waals surface area contributed by atoms with E-state index in [0.29, 0.717) is 19.1 Å². The molecule has 0 bridgehead atoms. The summed E-state index contributed by atoms with van der Waals surface area (Å²) >= 11 is 0. The minimum Gasteiger partial charge on any atom is -0.493 e. The van der Waals surface area contributed by atoms with E-state index in [-0.39, 0.29) is 24.0 Å². The highest BCUT2D eigenvalue weighted by Crippen LogP contribution is 2.29. The van der Waals surface area contributed by atoms with Crippen molar-refractivity contribution in [3.05, 3.63) is 59.7 Å². The predicted molar refractivity (Wildman–Crippen MR) is 125 cm³/mol. The Hall–Kier alpha value is -1.96. The summed E-state index contributed by atoms with van der Waals surface area (Å²) in [6.07, 6.45) is 1.15. The number of halogens is 1. The van der Waals surface area contributed by atoms with Crippen molar-refractivity contribution in [3.63, 3.8) is 0 Å². The van der Waals surface area contributed by atoms with Crippen LogP contribution in [0.5, 0.6) is 11.5 Å². The number of rotatable bonds is 6. The number of ether oxygens (including phenoxy) is 2. The van der Waals surface area contributed by atoms with Crippen molar-refractivity contribution in [2.24, 2.45) is 4.99 Å². The van der Waals surface area contributed by atoms with Crippen molar-refractivity contribution in [1.29, 1.82) is 0 Å². The van der Waals surface area contributed by atoms with E-state index < -0.39 is 0 Å². The van der Waals surface area contributed by atoms with Crippen LogP contribution in [0.4, 0.5) is 0 Å². The molecule has 28 heavy (non-hydrogen) atoms. The van der Waals surface area contributed by atoms with Crippen LogP contribution in [0.25, 0.3) is 0 Å². The lowest BCUT2D eigenvalue weighted by Crippen LogP contribution is -2.39. The monoisotopic (exact) mass is 495 g/mol. The number of hydrogen-bond acceptors (Lipinski definition) is 3. The first-order chi connectivity index (χ1) is 13.2. The standard InChI is InChI=1S/C22H29N3O2.HI/c1-4-27-21-14-17(10-11-20(21)26-3)15-24-22(23-2)25-13-12-19(16-25)18-8-6-5-7-9-18;/h5-11,14,19H,4,12-13,15-16H2,1-3H3,(H,23,24);1H. The number of nitrogens with one attached hydrogen (secondary N) is 1. The topological polar surface area (TPSA) is 46.1 Å². The smallest absolute Gasteiger partial charge is 0.193 e. The molecule has 0 radical (unpaired) electrons. The van der Waals surface area contributed by atoms with Crippen molar-refractivity contribution in [1.82, 2.24) is 10.2 Å². The summed E-state index contributed by atoms with van der Waals surface area (Å²) in [6.45, 7) is 5.30. The van der Waals surface area contributed by atoms with Gasteiger partial charge in [-0.25, -0.2) is 0 Å². The Kier molecular flexibility index (Phi) is 8.89. The highest BCUT2D eigenvalue weighted by atomic mass is 127. The molecule has 0 amide bonds. The minimum atomic E-state index is 0. The van der Waals surface area contributed by atoms with Gasteiger partial charge in [0.05, 0.1) is 13.7 Å². The van der Waals surface area contributed by atoms with Gasteiger partial charge in [-0.3, -0.25) is 4.99 Å². The normalized spacial score (nSPS) is 16.5. The lowest BCUT2D eigenvalue weighted by molar-refractivity contribution is 0.310. The fourth-order valence-electron chi connectivity index (χ4n) is 3.56. The van der Waals surface area contributed by atoms with E-state index in [4.69, 9.17) is 9.47 Å². The molecule has 1 aliphatic rings. The summed E-state index contributed by atoms with van der Waals surface area (Å²) in [7, 11) is 3.51. The molecule has 6 heteroatoms. The Morgan fingerprint density at radius 3 is 2.64 bits per heavy atom. The van der Waals surface area contributed by atoms with Crippen LogP contribution in [0, 0.1) is 0 Å². The molecule has 1 atom stereocenters. The lowest BCUT2D eigenvalue weighted by Gasteiger charge is -2.22. The Morgan fingerprint density at radius 2 is 1.96 bits per heavy atom. The van der Waals surface area contributed by atoms with Gasteiger partial charge in [-0.05, 0) is 36.6 Å². The molecule has 0 aliphatic carbocycles.